The number of benzene rings is 1. The Balaban J connectivity index is 1.67. The highest BCUT2D eigenvalue weighted by molar-refractivity contribution is 7.99. The number of methoxy groups -OCH3 is 1. The molecule has 2 unspecified atom stereocenters. The summed E-state index contributed by atoms with van der Waals surface area (Å²) >= 11 is 12.8. The van der Waals surface area contributed by atoms with Crippen LogP contribution in [-0.4, -0.2) is 67.7 Å². The molecule has 1 saturated heterocycles. The van der Waals surface area contributed by atoms with Crippen molar-refractivity contribution < 1.29 is 28.5 Å². The summed E-state index contributed by atoms with van der Waals surface area (Å²) in [5.74, 6) is -1.87. The van der Waals surface area contributed by atoms with Gasteiger partial charge in [0.25, 0.3) is 0 Å². The molecule has 1 aliphatic heterocycles. The maximum atomic E-state index is 13.9. The van der Waals surface area contributed by atoms with E-state index in [1.807, 2.05) is 0 Å². The molecule has 3 heterocycles. The van der Waals surface area contributed by atoms with E-state index in [0.717, 1.165) is 12.1 Å². The minimum absolute atomic E-state index is 0.116. The molecule has 0 amide bonds. The zero-order chi connectivity index (χ0) is 23.7. The summed E-state index contributed by atoms with van der Waals surface area (Å²) in [5, 5.41) is 28.5. The fraction of sp³-hybridized carbons (Fsp3) is 0.350. The summed E-state index contributed by atoms with van der Waals surface area (Å²) < 4.78 is 40.6. The molecule has 1 aromatic carbocycles. The van der Waals surface area contributed by atoms with Crippen molar-refractivity contribution in [3.8, 4) is 11.3 Å². The number of aliphatic hydroxyl groups excluding tert-OH is 2. The third kappa shape index (κ3) is 4.99. The molecule has 2 N–H and O–H groups in total. The van der Waals surface area contributed by atoms with E-state index in [2.05, 4.69) is 15.3 Å². The quantitative estimate of drug-likeness (QED) is 0.479. The number of pyridine rings is 1. The number of aromatic nitrogens is 4. The van der Waals surface area contributed by atoms with Crippen molar-refractivity contribution >= 4 is 35.0 Å². The fourth-order valence-corrected chi connectivity index (χ4v) is 5.10. The van der Waals surface area contributed by atoms with E-state index in [1.165, 1.54) is 35.9 Å². The van der Waals surface area contributed by atoms with Crippen molar-refractivity contribution in [3.63, 3.8) is 0 Å². The van der Waals surface area contributed by atoms with Gasteiger partial charge in [0.2, 0.25) is 0 Å². The normalized spacial score (nSPS) is 25.4. The van der Waals surface area contributed by atoms with E-state index < -0.39 is 53.1 Å². The van der Waals surface area contributed by atoms with Crippen molar-refractivity contribution in [3.05, 3.63) is 58.5 Å². The maximum Gasteiger partial charge on any atom is 0.145 e. The van der Waals surface area contributed by atoms with Gasteiger partial charge in [-0.05, 0) is 18.2 Å². The Kier molecular flexibility index (Phi) is 7.49. The predicted molar refractivity (Wildman–Crippen MR) is 117 cm³/mol. The van der Waals surface area contributed by atoms with E-state index in [-0.39, 0.29) is 11.3 Å². The molecule has 5 atom stereocenters. The van der Waals surface area contributed by atoms with Crippen LogP contribution in [0.1, 0.15) is 6.04 Å². The second kappa shape index (κ2) is 10.2. The highest BCUT2D eigenvalue weighted by Crippen LogP contribution is 2.40. The highest BCUT2D eigenvalue weighted by atomic mass is 35.5. The number of ether oxygens (including phenoxy) is 2. The molecule has 0 bridgehead atoms. The zero-order valence-corrected chi connectivity index (χ0v) is 19.3. The molecule has 13 heteroatoms. The number of rotatable bonds is 6. The molecule has 1 aliphatic rings. The summed E-state index contributed by atoms with van der Waals surface area (Å²) in [4.78, 5) is 4.73. The highest BCUT2D eigenvalue weighted by Gasteiger charge is 2.47. The lowest BCUT2D eigenvalue weighted by Gasteiger charge is -2.43. The molecule has 0 radical (unpaired) electrons. The van der Waals surface area contributed by atoms with Crippen molar-refractivity contribution in [2.75, 3.05) is 13.7 Å². The number of thioether (sulfide) groups is 1. The van der Waals surface area contributed by atoms with Crippen LogP contribution in [0.3, 0.4) is 0 Å². The molecule has 1 fully saturated rings. The van der Waals surface area contributed by atoms with Crippen LogP contribution in [0.4, 0.5) is 8.78 Å². The molecule has 3 aromatic rings. The van der Waals surface area contributed by atoms with Crippen LogP contribution in [0.15, 0.2) is 41.7 Å². The molecule has 33 heavy (non-hydrogen) atoms. The molecule has 2 aromatic heterocycles. The number of halogens is 4. The van der Waals surface area contributed by atoms with Crippen molar-refractivity contribution in [1.29, 1.82) is 0 Å². The Labute approximate surface area is 201 Å². The Morgan fingerprint density at radius 2 is 1.94 bits per heavy atom. The first kappa shape index (κ1) is 24.3. The first-order valence-corrected chi connectivity index (χ1v) is 11.3. The average molecular weight is 519 g/mol. The summed E-state index contributed by atoms with van der Waals surface area (Å²) in [7, 11) is 1.44. The van der Waals surface area contributed by atoms with E-state index in [1.54, 1.807) is 12.3 Å². The Hall–Kier alpha value is -1.86. The molecule has 0 saturated carbocycles. The van der Waals surface area contributed by atoms with Gasteiger partial charge in [0, 0.05) is 30.0 Å². The van der Waals surface area contributed by atoms with Crippen LogP contribution in [-0.2, 0) is 9.47 Å². The number of nitrogens with zero attached hydrogens (tertiary/aromatic N) is 4. The molecule has 8 nitrogen and oxygen atoms in total. The van der Waals surface area contributed by atoms with E-state index in [0.29, 0.717) is 9.92 Å². The Morgan fingerprint density at radius 1 is 1.21 bits per heavy atom. The standard InChI is InChI=1S/C20H18Cl2F2N4O4S/c1-31-19-17(28-7-14(26-27-28)9-2-12(23)16(22)13(24)3-9)18(30)15(8-29)32-20(19)33-11-4-10(21)5-25-6-11/h2-7,15,17-20,29-30H,8H2,1H3/t15?,17?,18-,19-,20+/m0/s1. The predicted octanol–water partition coefficient (Wildman–Crippen LogP) is 3.35. The Bertz CT molecular complexity index is 1120. The van der Waals surface area contributed by atoms with Crippen LogP contribution in [0.5, 0.6) is 0 Å². The number of aliphatic hydroxyl groups is 2. The van der Waals surface area contributed by atoms with Crippen molar-refractivity contribution in [2.24, 2.45) is 0 Å². The molecule has 0 spiro atoms. The summed E-state index contributed by atoms with van der Waals surface area (Å²) in [6, 6.07) is 2.93. The van der Waals surface area contributed by atoms with E-state index in [4.69, 9.17) is 32.7 Å². The van der Waals surface area contributed by atoms with Crippen LogP contribution >= 0.6 is 35.0 Å². The molecular formula is C20H18Cl2F2N4O4S. The molecular weight excluding hydrogens is 501 g/mol. The fourth-order valence-electron chi connectivity index (χ4n) is 3.56. The van der Waals surface area contributed by atoms with Gasteiger partial charge >= 0.3 is 0 Å². The van der Waals surface area contributed by atoms with Gasteiger partial charge < -0.3 is 19.7 Å². The number of hydrogen-bond donors (Lipinski definition) is 2. The van der Waals surface area contributed by atoms with Gasteiger partial charge in [-0.3, -0.25) is 4.98 Å². The smallest absolute Gasteiger partial charge is 0.145 e. The van der Waals surface area contributed by atoms with Crippen LogP contribution in [0.2, 0.25) is 10.0 Å². The van der Waals surface area contributed by atoms with Gasteiger partial charge in [-0.1, -0.05) is 40.2 Å². The Morgan fingerprint density at radius 3 is 2.58 bits per heavy atom. The topological polar surface area (TPSA) is 103 Å². The van der Waals surface area contributed by atoms with Crippen LogP contribution in [0, 0.1) is 11.6 Å². The largest absolute Gasteiger partial charge is 0.394 e. The summed E-state index contributed by atoms with van der Waals surface area (Å²) in [6.45, 7) is -0.464. The third-order valence-corrected chi connectivity index (χ3v) is 6.80. The first-order valence-electron chi connectivity index (χ1n) is 9.63. The van der Waals surface area contributed by atoms with Gasteiger partial charge in [0.05, 0.1) is 17.8 Å². The van der Waals surface area contributed by atoms with Crippen LogP contribution < -0.4 is 0 Å². The molecule has 4 rings (SSSR count). The number of hydrogen-bond acceptors (Lipinski definition) is 8. The second-order valence-corrected chi connectivity index (χ2v) is 9.19. The second-order valence-electron chi connectivity index (χ2n) is 7.20. The van der Waals surface area contributed by atoms with Gasteiger partial charge in [-0.25, -0.2) is 13.5 Å². The summed E-state index contributed by atoms with van der Waals surface area (Å²) in [5.41, 5.74) is -0.411. The van der Waals surface area contributed by atoms with Gasteiger partial charge in [-0.2, -0.15) is 0 Å². The monoisotopic (exact) mass is 518 g/mol. The van der Waals surface area contributed by atoms with Crippen LogP contribution in [0.25, 0.3) is 11.3 Å². The van der Waals surface area contributed by atoms with E-state index >= 15 is 0 Å². The average Bonchev–Trinajstić information content (AvgIpc) is 3.27. The lowest BCUT2D eigenvalue weighted by atomic mass is 9.97. The van der Waals surface area contributed by atoms with Gasteiger partial charge in [0.15, 0.2) is 0 Å². The summed E-state index contributed by atoms with van der Waals surface area (Å²) in [6.07, 6.45) is 1.58. The van der Waals surface area contributed by atoms with Gasteiger partial charge in [-0.15, -0.1) is 5.10 Å². The minimum Gasteiger partial charge on any atom is -0.394 e. The third-order valence-electron chi connectivity index (χ3n) is 5.12. The van der Waals surface area contributed by atoms with Crippen molar-refractivity contribution in [2.45, 2.75) is 34.7 Å². The lowest BCUT2D eigenvalue weighted by molar-refractivity contribution is -0.186. The molecule has 0 aliphatic carbocycles. The lowest BCUT2D eigenvalue weighted by Crippen LogP contribution is -2.55. The maximum absolute atomic E-state index is 13.9. The zero-order valence-electron chi connectivity index (χ0n) is 17.0. The SMILES string of the molecule is CO[C@H]1C(n2cc(-c3cc(F)c(Cl)c(F)c3)nn2)[C@@H](O)C(CO)O[C@@H]1Sc1cncc(Cl)c1. The molecule has 176 valence electrons. The minimum atomic E-state index is -1.22. The van der Waals surface area contributed by atoms with E-state index in [9.17, 15) is 19.0 Å². The van der Waals surface area contributed by atoms with Crippen molar-refractivity contribution in [1.82, 2.24) is 20.0 Å². The first-order chi connectivity index (χ1) is 15.8. The van der Waals surface area contributed by atoms with Gasteiger partial charge in [0.1, 0.15) is 52.1 Å².